The van der Waals surface area contributed by atoms with Gasteiger partial charge in [-0.3, -0.25) is 19.3 Å². The highest BCUT2D eigenvalue weighted by atomic mass is 35.5. The molecule has 1 atom stereocenters. The van der Waals surface area contributed by atoms with Crippen molar-refractivity contribution in [2.75, 3.05) is 19.7 Å². The van der Waals surface area contributed by atoms with Crippen LogP contribution in [0, 0.1) is 6.92 Å². The Hall–Kier alpha value is -2.61. The van der Waals surface area contributed by atoms with E-state index in [0.29, 0.717) is 16.6 Å². The molecule has 0 bridgehead atoms. The van der Waals surface area contributed by atoms with Crippen LogP contribution in [0.2, 0.25) is 10.0 Å². The maximum atomic E-state index is 11.7. The van der Waals surface area contributed by atoms with Gasteiger partial charge < -0.3 is 15.2 Å². The molecule has 0 spiro atoms. The molecule has 0 aromatic heterocycles. The van der Waals surface area contributed by atoms with Gasteiger partial charge in [-0.25, -0.2) is 0 Å². The van der Waals surface area contributed by atoms with Gasteiger partial charge in [-0.05, 0) is 67.6 Å². The first-order valence-corrected chi connectivity index (χ1v) is 12.5. The Kier molecular flexibility index (Phi) is 9.95. The van der Waals surface area contributed by atoms with Crippen LogP contribution in [-0.2, 0) is 20.8 Å². The Morgan fingerprint density at radius 1 is 1.09 bits per heavy atom. The first-order chi connectivity index (χ1) is 16.7. The van der Waals surface area contributed by atoms with Crippen LogP contribution in [0.25, 0.3) is 0 Å². The minimum Gasteiger partial charge on any atom is -0.491 e. The van der Waals surface area contributed by atoms with Gasteiger partial charge >= 0.3 is 5.97 Å². The molecule has 0 saturated carbocycles. The topological polar surface area (TPSA) is 95.9 Å². The number of aliphatic carboxylic acids is 1. The number of hydrogen-bond donors (Lipinski definition) is 2. The molecular weight excluding hydrogens is 491 g/mol. The number of ether oxygens (including phenoxy) is 1. The van der Waals surface area contributed by atoms with Gasteiger partial charge in [-0.1, -0.05) is 41.4 Å². The summed E-state index contributed by atoms with van der Waals surface area (Å²) in [6, 6.07) is 10.9. The van der Waals surface area contributed by atoms with E-state index >= 15 is 0 Å². The highest BCUT2D eigenvalue weighted by molar-refractivity contribution is 6.42. The van der Waals surface area contributed by atoms with Crippen LogP contribution in [0.3, 0.4) is 0 Å². The molecule has 188 valence electrons. The number of rotatable bonds is 13. The molecule has 2 N–H and O–H groups in total. The molecule has 2 aromatic carbocycles. The largest absolute Gasteiger partial charge is 0.491 e. The summed E-state index contributed by atoms with van der Waals surface area (Å²) >= 11 is 12.1. The molecule has 0 aliphatic carbocycles. The Morgan fingerprint density at radius 2 is 1.83 bits per heavy atom. The summed E-state index contributed by atoms with van der Waals surface area (Å²) in [7, 11) is 0. The summed E-state index contributed by atoms with van der Waals surface area (Å²) in [5.41, 5.74) is 2.98. The van der Waals surface area contributed by atoms with Crippen molar-refractivity contribution < 1.29 is 24.2 Å². The van der Waals surface area contributed by atoms with E-state index in [1.54, 1.807) is 18.2 Å². The van der Waals surface area contributed by atoms with Crippen LogP contribution >= 0.6 is 23.2 Å². The van der Waals surface area contributed by atoms with Crippen molar-refractivity contribution in [3.05, 3.63) is 63.1 Å². The van der Waals surface area contributed by atoms with Crippen molar-refractivity contribution in [3.63, 3.8) is 0 Å². The second kappa shape index (κ2) is 12.9. The summed E-state index contributed by atoms with van der Waals surface area (Å²) in [5.74, 6) is -0.407. The summed E-state index contributed by atoms with van der Waals surface area (Å²) in [6.45, 7) is 3.20. The Bertz CT molecular complexity index is 1060. The zero-order chi connectivity index (χ0) is 25.4. The van der Waals surface area contributed by atoms with Crippen molar-refractivity contribution >= 4 is 41.0 Å². The normalized spacial score (nSPS) is 14.4. The second-order valence-corrected chi connectivity index (χ2v) is 9.44. The van der Waals surface area contributed by atoms with Gasteiger partial charge in [0.15, 0.2) is 0 Å². The number of carboxylic acids is 1. The van der Waals surface area contributed by atoms with Gasteiger partial charge in [0, 0.05) is 18.9 Å². The van der Waals surface area contributed by atoms with Crippen molar-refractivity contribution in [1.82, 2.24) is 10.2 Å². The first-order valence-electron chi connectivity index (χ1n) is 11.7. The molecule has 3 rings (SSSR count). The van der Waals surface area contributed by atoms with Crippen molar-refractivity contribution in [2.24, 2.45) is 0 Å². The average Bonchev–Trinajstić information content (AvgIpc) is 3.13. The number of hydrogen-bond acceptors (Lipinski definition) is 5. The molecule has 7 nitrogen and oxygen atoms in total. The van der Waals surface area contributed by atoms with E-state index in [4.69, 9.17) is 27.9 Å². The highest BCUT2D eigenvalue weighted by Gasteiger charge is 2.28. The zero-order valence-electron chi connectivity index (χ0n) is 19.7. The Morgan fingerprint density at radius 3 is 2.49 bits per heavy atom. The zero-order valence-corrected chi connectivity index (χ0v) is 21.2. The number of carbonyl (C=O) groups is 3. The quantitative estimate of drug-likeness (QED) is 0.286. The number of carboxylic acid groups (broad SMARTS) is 1. The van der Waals surface area contributed by atoms with E-state index in [0.717, 1.165) is 36.1 Å². The van der Waals surface area contributed by atoms with Crippen molar-refractivity contribution in [3.8, 4) is 5.75 Å². The number of nitrogens with one attached hydrogen (secondary N) is 1. The number of carbonyl (C=O) groups excluding carboxylic acids is 2. The standard InChI is InChI=1S/C26H30Cl2N2O5/c1-17-14-18(5-8-23(17)35-13-12-30-24(31)9-10-25(30)32)4-2-3-11-29-22(16-26(33)34)19-6-7-20(27)21(28)15-19/h5-8,14-15,22,29H,2-4,9-13,16H2,1H3,(H,33,34). The number of unbranched alkanes of at least 4 members (excludes halogenated alkanes) is 1. The van der Waals surface area contributed by atoms with Gasteiger partial charge in [-0.15, -0.1) is 0 Å². The summed E-state index contributed by atoms with van der Waals surface area (Å²) in [6.07, 6.45) is 3.24. The van der Waals surface area contributed by atoms with Gasteiger partial charge in [0.05, 0.1) is 23.0 Å². The van der Waals surface area contributed by atoms with Gasteiger partial charge in [0.1, 0.15) is 12.4 Å². The molecule has 2 aromatic rings. The van der Waals surface area contributed by atoms with Crippen molar-refractivity contribution in [1.29, 1.82) is 0 Å². The lowest BCUT2D eigenvalue weighted by atomic mass is 10.0. The van der Waals surface area contributed by atoms with Crippen LogP contribution in [-0.4, -0.2) is 47.5 Å². The average molecular weight is 521 g/mol. The summed E-state index contributed by atoms with van der Waals surface area (Å²) in [5, 5.41) is 13.4. The number of halogens is 2. The predicted molar refractivity (Wildman–Crippen MR) is 135 cm³/mol. The molecule has 1 aliphatic rings. The van der Waals surface area contributed by atoms with Crippen LogP contribution < -0.4 is 10.1 Å². The molecule has 1 aliphatic heterocycles. The third-order valence-electron chi connectivity index (χ3n) is 5.97. The van der Waals surface area contributed by atoms with Crippen LogP contribution in [0.5, 0.6) is 5.75 Å². The van der Waals surface area contributed by atoms with Crippen molar-refractivity contribution in [2.45, 2.75) is 51.5 Å². The molecular formula is C26H30Cl2N2O5. The SMILES string of the molecule is Cc1cc(CCCCNC(CC(=O)O)c2ccc(Cl)c(Cl)c2)ccc1OCCN1C(=O)CCC1=O. The van der Waals surface area contributed by atoms with E-state index in [9.17, 15) is 19.5 Å². The molecule has 1 heterocycles. The summed E-state index contributed by atoms with van der Waals surface area (Å²) in [4.78, 5) is 35.9. The minimum absolute atomic E-state index is 0.0430. The van der Waals surface area contributed by atoms with Gasteiger partial charge in [0.2, 0.25) is 11.8 Å². The summed E-state index contributed by atoms with van der Waals surface area (Å²) < 4.78 is 5.79. The monoisotopic (exact) mass is 520 g/mol. The molecule has 1 fully saturated rings. The Balaban J connectivity index is 1.42. The third-order valence-corrected chi connectivity index (χ3v) is 6.71. The lowest BCUT2D eigenvalue weighted by Gasteiger charge is -2.18. The molecule has 2 amide bonds. The number of nitrogens with zero attached hydrogens (tertiary/aromatic N) is 1. The molecule has 0 radical (unpaired) electrons. The fourth-order valence-electron chi connectivity index (χ4n) is 4.09. The molecule has 1 unspecified atom stereocenters. The Labute approximate surface area is 215 Å². The van der Waals surface area contributed by atoms with E-state index in [2.05, 4.69) is 11.4 Å². The number of imide groups is 1. The second-order valence-electron chi connectivity index (χ2n) is 8.62. The number of benzene rings is 2. The van der Waals surface area contributed by atoms with Crippen LogP contribution in [0.1, 0.15) is 54.8 Å². The molecule has 9 heteroatoms. The van der Waals surface area contributed by atoms with Crippen LogP contribution in [0.4, 0.5) is 0 Å². The molecule has 35 heavy (non-hydrogen) atoms. The van der Waals surface area contributed by atoms with Crippen LogP contribution in [0.15, 0.2) is 36.4 Å². The molecule has 1 saturated heterocycles. The fourth-order valence-corrected chi connectivity index (χ4v) is 4.40. The number of amides is 2. The van der Waals surface area contributed by atoms with E-state index < -0.39 is 5.97 Å². The van der Waals surface area contributed by atoms with E-state index in [-0.39, 0.29) is 50.3 Å². The van der Waals surface area contributed by atoms with E-state index in [1.165, 1.54) is 10.5 Å². The fraction of sp³-hybridized carbons (Fsp3) is 0.423. The smallest absolute Gasteiger partial charge is 0.305 e. The maximum Gasteiger partial charge on any atom is 0.305 e. The lowest BCUT2D eigenvalue weighted by molar-refractivity contribution is -0.139. The van der Waals surface area contributed by atoms with Gasteiger partial charge in [0.25, 0.3) is 0 Å². The third kappa shape index (κ3) is 7.95. The van der Waals surface area contributed by atoms with E-state index in [1.807, 2.05) is 19.1 Å². The number of aryl methyl sites for hydroxylation is 2. The first kappa shape index (κ1) is 27.0. The van der Waals surface area contributed by atoms with Gasteiger partial charge in [-0.2, -0.15) is 0 Å². The predicted octanol–water partition coefficient (Wildman–Crippen LogP) is 4.96. The number of likely N-dealkylation sites (tertiary alicyclic amines) is 1. The highest BCUT2D eigenvalue weighted by Crippen LogP contribution is 2.27. The minimum atomic E-state index is -0.884. The lowest BCUT2D eigenvalue weighted by Crippen LogP contribution is -2.33. The maximum absolute atomic E-state index is 11.7.